The fourth-order valence-electron chi connectivity index (χ4n) is 3.82. The molecule has 0 saturated heterocycles. The van der Waals surface area contributed by atoms with Crippen LogP contribution in [0.3, 0.4) is 0 Å². The Kier molecular flexibility index (Phi) is 3.76. The molecule has 20 heavy (non-hydrogen) atoms. The van der Waals surface area contributed by atoms with Crippen molar-refractivity contribution in [3.8, 4) is 5.75 Å². The molecular weight excluding hydrogens is 246 g/mol. The average molecular weight is 273 g/mol. The largest absolute Gasteiger partial charge is 0.508 e. The monoisotopic (exact) mass is 273 g/mol. The molecule has 1 fully saturated rings. The van der Waals surface area contributed by atoms with Crippen molar-refractivity contribution in [2.45, 2.75) is 70.9 Å². The van der Waals surface area contributed by atoms with Gasteiger partial charge in [-0.05, 0) is 73.6 Å². The summed E-state index contributed by atoms with van der Waals surface area (Å²) in [6.45, 7) is 4.78. The summed E-state index contributed by atoms with van der Waals surface area (Å²) in [6.07, 6.45) is 8.84. The molecule has 0 amide bonds. The van der Waals surface area contributed by atoms with E-state index in [9.17, 15) is 5.11 Å². The van der Waals surface area contributed by atoms with Crippen molar-refractivity contribution < 1.29 is 5.11 Å². The minimum absolute atomic E-state index is 0.406. The molecule has 2 aliphatic rings. The van der Waals surface area contributed by atoms with Crippen LogP contribution in [0, 0.1) is 5.41 Å². The summed E-state index contributed by atoms with van der Waals surface area (Å²) in [4.78, 5) is 0. The van der Waals surface area contributed by atoms with E-state index >= 15 is 0 Å². The number of hydrogen-bond acceptors (Lipinski definition) is 2. The summed E-state index contributed by atoms with van der Waals surface area (Å²) in [5, 5.41) is 13.5. The number of hydrogen-bond donors (Lipinski definition) is 2. The van der Waals surface area contributed by atoms with E-state index in [0.29, 0.717) is 23.2 Å². The van der Waals surface area contributed by atoms with E-state index in [0.717, 1.165) is 6.42 Å². The van der Waals surface area contributed by atoms with E-state index in [1.165, 1.54) is 49.7 Å². The standard InChI is InChI=1S/C18H27NO/c1-18(2)10-8-14(9-11-18)19-17-5-3-4-13-12-15(20)6-7-16(13)17/h6-7,12,14,17,19-20H,3-5,8-11H2,1-2H3. The molecule has 1 atom stereocenters. The topological polar surface area (TPSA) is 32.3 Å². The first kappa shape index (κ1) is 13.9. The molecule has 0 aliphatic heterocycles. The highest BCUT2D eigenvalue weighted by Gasteiger charge is 2.29. The number of fused-ring (bicyclic) bond motifs is 1. The van der Waals surface area contributed by atoms with Gasteiger partial charge in [-0.3, -0.25) is 0 Å². The smallest absolute Gasteiger partial charge is 0.115 e. The first-order valence-corrected chi connectivity index (χ1v) is 8.11. The Hall–Kier alpha value is -1.02. The molecule has 2 aliphatic carbocycles. The summed E-state index contributed by atoms with van der Waals surface area (Å²) in [7, 11) is 0. The van der Waals surface area contributed by atoms with E-state index in [-0.39, 0.29) is 0 Å². The molecule has 1 aromatic carbocycles. The Balaban J connectivity index is 1.68. The van der Waals surface area contributed by atoms with Gasteiger partial charge >= 0.3 is 0 Å². The number of phenolic OH excluding ortho intramolecular Hbond substituents is 1. The lowest BCUT2D eigenvalue weighted by atomic mass is 9.75. The number of rotatable bonds is 2. The SMILES string of the molecule is CC1(C)CCC(NC2CCCc3cc(O)ccc32)CC1. The molecule has 1 unspecified atom stereocenters. The summed E-state index contributed by atoms with van der Waals surface area (Å²) in [5.74, 6) is 0.406. The van der Waals surface area contributed by atoms with Crippen LogP contribution in [0.15, 0.2) is 18.2 Å². The molecule has 110 valence electrons. The van der Waals surface area contributed by atoms with Gasteiger partial charge in [0.2, 0.25) is 0 Å². The predicted octanol–water partition coefficient (Wildman–Crippen LogP) is 4.33. The lowest BCUT2D eigenvalue weighted by Crippen LogP contribution is -2.38. The van der Waals surface area contributed by atoms with Gasteiger partial charge < -0.3 is 10.4 Å². The number of benzene rings is 1. The lowest BCUT2D eigenvalue weighted by molar-refractivity contribution is 0.195. The molecule has 1 aromatic rings. The minimum Gasteiger partial charge on any atom is -0.508 e. The number of nitrogens with one attached hydrogen (secondary N) is 1. The molecule has 2 N–H and O–H groups in total. The lowest BCUT2D eigenvalue weighted by Gasteiger charge is -2.38. The third-order valence-corrected chi connectivity index (χ3v) is 5.22. The third kappa shape index (κ3) is 3.01. The average Bonchev–Trinajstić information content (AvgIpc) is 2.41. The van der Waals surface area contributed by atoms with Crippen LogP contribution < -0.4 is 5.32 Å². The van der Waals surface area contributed by atoms with Crippen molar-refractivity contribution in [1.82, 2.24) is 5.32 Å². The van der Waals surface area contributed by atoms with Crippen LogP contribution in [0.4, 0.5) is 0 Å². The Morgan fingerprint density at radius 3 is 2.65 bits per heavy atom. The molecule has 2 heteroatoms. The first-order valence-electron chi connectivity index (χ1n) is 8.11. The van der Waals surface area contributed by atoms with Gasteiger partial charge in [-0.15, -0.1) is 0 Å². The third-order valence-electron chi connectivity index (χ3n) is 5.22. The maximum Gasteiger partial charge on any atom is 0.115 e. The maximum absolute atomic E-state index is 9.63. The highest BCUT2D eigenvalue weighted by Crippen LogP contribution is 2.37. The molecule has 0 bridgehead atoms. The molecule has 0 radical (unpaired) electrons. The molecule has 0 spiro atoms. The highest BCUT2D eigenvalue weighted by atomic mass is 16.3. The van der Waals surface area contributed by atoms with Crippen LogP contribution in [-0.4, -0.2) is 11.1 Å². The second kappa shape index (κ2) is 5.40. The van der Waals surface area contributed by atoms with Crippen molar-refractivity contribution >= 4 is 0 Å². The van der Waals surface area contributed by atoms with E-state index in [1.54, 1.807) is 0 Å². The van der Waals surface area contributed by atoms with Crippen molar-refractivity contribution in [1.29, 1.82) is 0 Å². The molecule has 2 nitrogen and oxygen atoms in total. The fraction of sp³-hybridized carbons (Fsp3) is 0.667. The summed E-state index contributed by atoms with van der Waals surface area (Å²) < 4.78 is 0. The highest BCUT2D eigenvalue weighted by molar-refractivity contribution is 5.38. The van der Waals surface area contributed by atoms with E-state index in [2.05, 4.69) is 25.2 Å². The van der Waals surface area contributed by atoms with Gasteiger partial charge in [-0.1, -0.05) is 19.9 Å². The van der Waals surface area contributed by atoms with Gasteiger partial charge in [0, 0.05) is 12.1 Å². The predicted molar refractivity (Wildman–Crippen MR) is 83.0 cm³/mol. The van der Waals surface area contributed by atoms with Gasteiger partial charge in [-0.25, -0.2) is 0 Å². The minimum atomic E-state index is 0.406. The van der Waals surface area contributed by atoms with Gasteiger partial charge in [0.1, 0.15) is 5.75 Å². The quantitative estimate of drug-likeness (QED) is 0.840. The van der Waals surface area contributed by atoms with Crippen LogP contribution in [0.1, 0.15) is 69.5 Å². The Morgan fingerprint density at radius 1 is 1.15 bits per heavy atom. The first-order chi connectivity index (χ1) is 9.53. The summed E-state index contributed by atoms with van der Waals surface area (Å²) in [6, 6.07) is 7.07. The van der Waals surface area contributed by atoms with E-state index < -0.39 is 0 Å². The number of aryl methyl sites for hydroxylation is 1. The second-order valence-corrected chi connectivity index (χ2v) is 7.43. The van der Waals surface area contributed by atoms with Crippen LogP contribution in [-0.2, 0) is 6.42 Å². The van der Waals surface area contributed by atoms with Crippen molar-refractivity contribution in [3.63, 3.8) is 0 Å². The fourth-order valence-corrected chi connectivity index (χ4v) is 3.82. The molecule has 1 saturated carbocycles. The maximum atomic E-state index is 9.63. The van der Waals surface area contributed by atoms with Crippen molar-refractivity contribution in [2.75, 3.05) is 0 Å². The van der Waals surface area contributed by atoms with Crippen molar-refractivity contribution in [3.05, 3.63) is 29.3 Å². The zero-order chi connectivity index (χ0) is 14.2. The van der Waals surface area contributed by atoms with Crippen LogP contribution in [0.25, 0.3) is 0 Å². The van der Waals surface area contributed by atoms with Crippen LogP contribution >= 0.6 is 0 Å². The van der Waals surface area contributed by atoms with Gasteiger partial charge in [-0.2, -0.15) is 0 Å². The van der Waals surface area contributed by atoms with Crippen LogP contribution in [0.2, 0.25) is 0 Å². The molecular formula is C18H27NO. The molecule has 0 heterocycles. The Labute approximate surface area is 122 Å². The zero-order valence-electron chi connectivity index (χ0n) is 12.8. The zero-order valence-corrected chi connectivity index (χ0v) is 12.8. The second-order valence-electron chi connectivity index (χ2n) is 7.43. The Morgan fingerprint density at radius 2 is 1.90 bits per heavy atom. The van der Waals surface area contributed by atoms with E-state index in [4.69, 9.17) is 0 Å². The summed E-state index contributed by atoms with van der Waals surface area (Å²) in [5.41, 5.74) is 3.29. The number of aromatic hydroxyl groups is 1. The van der Waals surface area contributed by atoms with Crippen LogP contribution in [0.5, 0.6) is 5.75 Å². The normalized spacial score (nSPS) is 26.2. The van der Waals surface area contributed by atoms with Gasteiger partial charge in [0.15, 0.2) is 0 Å². The van der Waals surface area contributed by atoms with E-state index in [1.807, 2.05) is 12.1 Å². The van der Waals surface area contributed by atoms with Crippen molar-refractivity contribution in [2.24, 2.45) is 5.41 Å². The Bertz CT molecular complexity index is 470. The molecule has 0 aromatic heterocycles. The number of phenols is 1. The van der Waals surface area contributed by atoms with Gasteiger partial charge in [0.25, 0.3) is 0 Å². The molecule has 3 rings (SSSR count). The summed E-state index contributed by atoms with van der Waals surface area (Å²) >= 11 is 0. The van der Waals surface area contributed by atoms with Gasteiger partial charge in [0.05, 0.1) is 0 Å².